The fraction of sp³-hybridized carbons (Fsp3) is 0.812. The molecule has 2 heterocycles. The summed E-state index contributed by atoms with van der Waals surface area (Å²) >= 11 is 0. The third-order valence-corrected chi connectivity index (χ3v) is 4.93. The van der Waals surface area contributed by atoms with E-state index >= 15 is 0 Å². The van der Waals surface area contributed by atoms with Gasteiger partial charge in [0.05, 0.1) is 5.69 Å². The van der Waals surface area contributed by atoms with Crippen LogP contribution in [0.15, 0.2) is 0 Å². The van der Waals surface area contributed by atoms with Crippen LogP contribution in [0.4, 0.5) is 5.82 Å². The van der Waals surface area contributed by atoms with Gasteiger partial charge in [0, 0.05) is 50.9 Å². The number of nitrogens with one attached hydrogen (secondary N) is 1. The molecule has 0 aromatic carbocycles. The first-order valence-electron chi connectivity index (χ1n) is 8.35. The van der Waals surface area contributed by atoms with Crippen molar-refractivity contribution < 1.29 is 0 Å². The number of anilines is 1. The second kappa shape index (κ2) is 5.97. The third-order valence-electron chi connectivity index (χ3n) is 4.93. The number of aromatic nitrogens is 2. The van der Waals surface area contributed by atoms with Crippen molar-refractivity contribution in [1.29, 1.82) is 0 Å². The Morgan fingerprint density at radius 3 is 2.67 bits per heavy atom. The van der Waals surface area contributed by atoms with Gasteiger partial charge in [-0.1, -0.05) is 6.92 Å². The maximum absolute atomic E-state index is 4.67. The summed E-state index contributed by atoms with van der Waals surface area (Å²) in [6.07, 6.45) is 2.67. The van der Waals surface area contributed by atoms with Gasteiger partial charge in [0.15, 0.2) is 0 Å². The lowest BCUT2D eigenvalue weighted by Gasteiger charge is -2.40. The zero-order valence-electron chi connectivity index (χ0n) is 13.9. The van der Waals surface area contributed by atoms with Gasteiger partial charge >= 0.3 is 0 Å². The quantitative estimate of drug-likeness (QED) is 0.892. The van der Waals surface area contributed by atoms with Gasteiger partial charge in [-0.3, -0.25) is 9.58 Å². The molecule has 1 aliphatic heterocycles. The lowest BCUT2D eigenvalue weighted by molar-refractivity contribution is 0.198. The summed E-state index contributed by atoms with van der Waals surface area (Å²) in [5, 5.41) is 8.32. The molecule has 5 heteroatoms. The van der Waals surface area contributed by atoms with Crippen LogP contribution in [0.1, 0.15) is 37.9 Å². The molecule has 1 aromatic rings. The standard InChI is InChI=1S/C16H29N5/c1-5-20-8-9-21(11-12(20)2)16-15(10-17-14-6-7-14)13(3)18-19(16)4/h12,14,17H,5-11H2,1-4H3. The van der Waals surface area contributed by atoms with Crippen molar-refractivity contribution in [2.45, 2.75) is 52.2 Å². The van der Waals surface area contributed by atoms with Crippen LogP contribution in [0.2, 0.25) is 0 Å². The summed E-state index contributed by atoms with van der Waals surface area (Å²) in [6.45, 7) is 12.2. The third kappa shape index (κ3) is 3.09. The van der Waals surface area contributed by atoms with Crippen molar-refractivity contribution >= 4 is 5.82 Å². The SMILES string of the molecule is CCN1CCN(c2c(CNC3CC3)c(C)nn2C)CC1C. The monoisotopic (exact) mass is 291 g/mol. The molecule has 0 amide bonds. The van der Waals surface area contributed by atoms with Crippen molar-refractivity contribution in [2.24, 2.45) is 7.05 Å². The molecule has 2 fully saturated rings. The number of piperazine rings is 1. The maximum Gasteiger partial charge on any atom is 0.131 e. The van der Waals surface area contributed by atoms with Crippen LogP contribution < -0.4 is 10.2 Å². The van der Waals surface area contributed by atoms with Crippen molar-refractivity contribution in [1.82, 2.24) is 20.0 Å². The highest BCUT2D eigenvalue weighted by Gasteiger charge is 2.28. The van der Waals surface area contributed by atoms with Gasteiger partial charge in [-0.2, -0.15) is 5.10 Å². The molecule has 3 rings (SSSR count). The molecule has 118 valence electrons. The molecule has 0 radical (unpaired) electrons. The zero-order chi connectivity index (χ0) is 15.0. The van der Waals surface area contributed by atoms with E-state index in [1.54, 1.807) is 0 Å². The van der Waals surface area contributed by atoms with Gasteiger partial charge in [-0.25, -0.2) is 0 Å². The number of likely N-dealkylation sites (N-methyl/N-ethyl adjacent to an activating group) is 1. The highest BCUT2D eigenvalue weighted by Crippen LogP contribution is 2.27. The molecule has 1 saturated carbocycles. The molecular formula is C16H29N5. The molecule has 5 nitrogen and oxygen atoms in total. The summed E-state index contributed by atoms with van der Waals surface area (Å²) in [5.74, 6) is 1.32. The molecule has 1 aliphatic carbocycles. The number of hydrogen-bond donors (Lipinski definition) is 1. The van der Waals surface area contributed by atoms with E-state index in [1.807, 2.05) is 0 Å². The van der Waals surface area contributed by atoms with Crippen molar-refractivity contribution in [2.75, 3.05) is 31.1 Å². The minimum absolute atomic E-state index is 0.614. The molecule has 0 spiro atoms. The largest absolute Gasteiger partial charge is 0.354 e. The van der Waals surface area contributed by atoms with Gasteiger partial charge in [0.2, 0.25) is 0 Å². The van der Waals surface area contributed by atoms with E-state index in [4.69, 9.17) is 0 Å². The van der Waals surface area contributed by atoms with Crippen molar-refractivity contribution in [3.05, 3.63) is 11.3 Å². The molecule has 1 aromatic heterocycles. The number of nitrogens with zero attached hydrogens (tertiary/aromatic N) is 4. The average molecular weight is 291 g/mol. The molecule has 0 bridgehead atoms. The Kier molecular flexibility index (Phi) is 4.22. The Hall–Kier alpha value is -1.07. The molecular weight excluding hydrogens is 262 g/mol. The Balaban J connectivity index is 1.77. The fourth-order valence-corrected chi connectivity index (χ4v) is 3.48. The number of rotatable bonds is 5. The highest BCUT2D eigenvalue weighted by molar-refractivity contribution is 5.51. The summed E-state index contributed by atoms with van der Waals surface area (Å²) in [6, 6.07) is 1.36. The Bertz CT molecular complexity index is 491. The lowest BCUT2D eigenvalue weighted by atomic mass is 10.1. The van der Waals surface area contributed by atoms with Crippen LogP contribution in [0.25, 0.3) is 0 Å². The Morgan fingerprint density at radius 2 is 2.05 bits per heavy atom. The van der Waals surface area contributed by atoms with E-state index in [9.17, 15) is 0 Å². The lowest BCUT2D eigenvalue weighted by Crippen LogP contribution is -2.52. The van der Waals surface area contributed by atoms with Crippen LogP contribution in [0, 0.1) is 6.92 Å². The van der Waals surface area contributed by atoms with Gasteiger partial charge < -0.3 is 10.2 Å². The van der Waals surface area contributed by atoms with Gasteiger partial charge in [-0.05, 0) is 33.2 Å². The van der Waals surface area contributed by atoms with Crippen LogP contribution in [-0.4, -0.2) is 52.9 Å². The van der Waals surface area contributed by atoms with E-state index < -0.39 is 0 Å². The zero-order valence-corrected chi connectivity index (χ0v) is 13.9. The van der Waals surface area contributed by atoms with E-state index in [2.05, 4.69) is 52.7 Å². The topological polar surface area (TPSA) is 36.3 Å². The maximum atomic E-state index is 4.67. The summed E-state index contributed by atoms with van der Waals surface area (Å²) in [7, 11) is 2.08. The molecule has 2 aliphatic rings. The smallest absolute Gasteiger partial charge is 0.131 e. The molecule has 1 N–H and O–H groups in total. The summed E-state index contributed by atoms with van der Waals surface area (Å²) < 4.78 is 2.08. The van der Waals surface area contributed by atoms with Crippen LogP contribution in [0.3, 0.4) is 0 Å². The van der Waals surface area contributed by atoms with E-state index in [0.29, 0.717) is 6.04 Å². The second-order valence-corrected chi connectivity index (χ2v) is 6.59. The minimum atomic E-state index is 0.614. The van der Waals surface area contributed by atoms with E-state index in [1.165, 1.54) is 29.9 Å². The number of aryl methyl sites for hydroxylation is 2. The molecule has 1 unspecified atom stereocenters. The van der Waals surface area contributed by atoms with Crippen LogP contribution in [0.5, 0.6) is 0 Å². The van der Waals surface area contributed by atoms with Gasteiger partial charge in [0.1, 0.15) is 5.82 Å². The fourth-order valence-electron chi connectivity index (χ4n) is 3.48. The highest BCUT2D eigenvalue weighted by atomic mass is 15.4. The summed E-state index contributed by atoms with van der Waals surface area (Å²) in [5.41, 5.74) is 2.56. The Labute approximate surface area is 128 Å². The van der Waals surface area contributed by atoms with Gasteiger partial charge in [0.25, 0.3) is 0 Å². The van der Waals surface area contributed by atoms with Crippen LogP contribution >= 0.6 is 0 Å². The van der Waals surface area contributed by atoms with Crippen LogP contribution in [-0.2, 0) is 13.6 Å². The summed E-state index contributed by atoms with van der Waals surface area (Å²) in [4.78, 5) is 5.09. The van der Waals surface area contributed by atoms with E-state index in [-0.39, 0.29) is 0 Å². The van der Waals surface area contributed by atoms with E-state index in [0.717, 1.165) is 38.8 Å². The Morgan fingerprint density at radius 1 is 1.29 bits per heavy atom. The van der Waals surface area contributed by atoms with Crippen molar-refractivity contribution in [3.8, 4) is 0 Å². The second-order valence-electron chi connectivity index (χ2n) is 6.59. The molecule has 1 atom stereocenters. The molecule has 1 saturated heterocycles. The first kappa shape index (κ1) is 14.9. The normalized spacial score (nSPS) is 23.8. The van der Waals surface area contributed by atoms with Crippen molar-refractivity contribution in [3.63, 3.8) is 0 Å². The van der Waals surface area contributed by atoms with Gasteiger partial charge in [-0.15, -0.1) is 0 Å². The molecule has 21 heavy (non-hydrogen) atoms. The average Bonchev–Trinajstić information content (AvgIpc) is 3.22. The predicted molar refractivity (Wildman–Crippen MR) is 86.7 cm³/mol. The minimum Gasteiger partial charge on any atom is -0.354 e. The predicted octanol–water partition coefficient (Wildman–Crippen LogP) is 1.51. The first-order valence-corrected chi connectivity index (χ1v) is 8.35. The number of hydrogen-bond acceptors (Lipinski definition) is 4. The first-order chi connectivity index (χ1) is 10.1.